The highest BCUT2D eigenvalue weighted by Gasteiger charge is 2.18. The lowest BCUT2D eigenvalue weighted by Crippen LogP contribution is -2.21. The Morgan fingerprint density at radius 2 is 1.92 bits per heavy atom. The largest absolute Gasteiger partial charge is 0.364 e. The SMILES string of the molecule is NC(=O)c1c(NC(=O)c2cccnc2)ncn1CCc1ccccc1. The van der Waals surface area contributed by atoms with Gasteiger partial charge >= 0.3 is 0 Å². The first-order valence-electron chi connectivity index (χ1n) is 7.75. The average Bonchev–Trinajstić information content (AvgIpc) is 3.04. The molecule has 2 heterocycles. The van der Waals surface area contributed by atoms with E-state index in [0.29, 0.717) is 18.5 Å². The molecular weight excluding hydrogens is 318 g/mol. The summed E-state index contributed by atoms with van der Waals surface area (Å²) in [5.74, 6) is -0.898. The van der Waals surface area contributed by atoms with E-state index in [1.165, 1.54) is 12.5 Å². The Bertz CT molecular complexity index is 875. The van der Waals surface area contributed by atoms with Gasteiger partial charge in [0.1, 0.15) is 0 Å². The molecule has 0 aliphatic heterocycles. The highest BCUT2D eigenvalue weighted by atomic mass is 16.2. The van der Waals surface area contributed by atoms with Gasteiger partial charge in [-0.25, -0.2) is 4.98 Å². The van der Waals surface area contributed by atoms with Gasteiger partial charge in [0.05, 0.1) is 11.9 Å². The van der Waals surface area contributed by atoms with Crippen LogP contribution in [-0.2, 0) is 13.0 Å². The predicted molar refractivity (Wildman–Crippen MR) is 93.1 cm³/mol. The van der Waals surface area contributed by atoms with Crippen molar-refractivity contribution < 1.29 is 9.59 Å². The van der Waals surface area contributed by atoms with E-state index in [9.17, 15) is 9.59 Å². The molecule has 0 unspecified atom stereocenters. The van der Waals surface area contributed by atoms with Gasteiger partial charge in [-0.3, -0.25) is 14.6 Å². The third-order valence-corrected chi connectivity index (χ3v) is 3.71. The zero-order valence-electron chi connectivity index (χ0n) is 13.4. The molecule has 0 aliphatic carbocycles. The number of nitrogens with one attached hydrogen (secondary N) is 1. The molecule has 0 saturated heterocycles. The van der Waals surface area contributed by atoms with Crippen LogP contribution in [0.1, 0.15) is 26.4 Å². The van der Waals surface area contributed by atoms with Crippen molar-refractivity contribution in [3.63, 3.8) is 0 Å². The minimum absolute atomic E-state index is 0.148. The van der Waals surface area contributed by atoms with Crippen LogP contribution in [0, 0.1) is 0 Å². The van der Waals surface area contributed by atoms with Crippen molar-refractivity contribution in [2.75, 3.05) is 5.32 Å². The number of anilines is 1. The molecule has 25 heavy (non-hydrogen) atoms. The summed E-state index contributed by atoms with van der Waals surface area (Å²) in [6.07, 6.45) is 5.23. The summed E-state index contributed by atoms with van der Waals surface area (Å²) in [4.78, 5) is 32.1. The fourth-order valence-electron chi connectivity index (χ4n) is 2.47. The molecule has 0 radical (unpaired) electrons. The number of hydrogen-bond donors (Lipinski definition) is 2. The summed E-state index contributed by atoms with van der Waals surface area (Å²) in [7, 11) is 0. The minimum Gasteiger partial charge on any atom is -0.364 e. The van der Waals surface area contributed by atoms with E-state index in [-0.39, 0.29) is 11.5 Å². The number of amides is 2. The van der Waals surface area contributed by atoms with Gasteiger partial charge in [-0.1, -0.05) is 30.3 Å². The summed E-state index contributed by atoms with van der Waals surface area (Å²) in [6, 6.07) is 13.1. The number of pyridine rings is 1. The third kappa shape index (κ3) is 3.89. The molecule has 1 aromatic carbocycles. The summed E-state index contributed by atoms with van der Waals surface area (Å²) in [6.45, 7) is 0.526. The van der Waals surface area contributed by atoms with Gasteiger partial charge in [0, 0.05) is 18.9 Å². The number of hydrogen-bond acceptors (Lipinski definition) is 4. The molecule has 3 aromatic rings. The van der Waals surface area contributed by atoms with E-state index in [1.54, 1.807) is 22.9 Å². The average molecular weight is 335 g/mol. The number of imidazole rings is 1. The Kier molecular flexibility index (Phi) is 4.84. The molecule has 0 aliphatic rings. The predicted octanol–water partition coefficient (Wildman–Crippen LogP) is 1.87. The highest BCUT2D eigenvalue weighted by molar-refractivity contribution is 6.07. The Labute approximate surface area is 144 Å². The van der Waals surface area contributed by atoms with Crippen LogP contribution in [0.5, 0.6) is 0 Å². The molecule has 0 spiro atoms. The van der Waals surface area contributed by atoms with Gasteiger partial charge in [0.2, 0.25) is 0 Å². The molecule has 2 amide bonds. The molecule has 2 aromatic heterocycles. The molecule has 0 fully saturated rings. The number of aryl methyl sites for hydroxylation is 2. The molecule has 0 saturated carbocycles. The Morgan fingerprint density at radius 3 is 2.60 bits per heavy atom. The second-order valence-electron chi connectivity index (χ2n) is 5.43. The summed E-state index contributed by atoms with van der Waals surface area (Å²) in [5, 5.41) is 2.62. The highest BCUT2D eigenvalue weighted by Crippen LogP contribution is 2.15. The van der Waals surface area contributed by atoms with Gasteiger partial charge in [-0.05, 0) is 24.1 Å². The fraction of sp³-hybridized carbons (Fsp3) is 0.111. The van der Waals surface area contributed by atoms with Crippen molar-refractivity contribution in [2.24, 2.45) is 5.73 Å². The maximum atomic E-state index is 12.2. The van der Waals surface area contributed by atoms with Crippen LogP contribution in [0.15, 0.2) is 61.2 Å². The van der Waals surface area contributed by atoms with Crippen molar-refractivity contribution in [3.8, 4) is 0 Å². The van der Waals surface area contributed by atoms with Gasteiger partial charge in [-0.15, -0.1) is 0 Å². The van der Waals surface area contributed by atoms with E-state index in [0.717, 1.165) is 5.56 Å². The first-order chi connectivity index (χ1) is 12.1. The minimum atomic E-state index is -0.646. The van der Waals surface area contributed by atoms with E-state index < -0.39 is 11.8 Å². The van der Waals surface area contributed by atoms with E-state index in [2.05, 4.69) is 15.3 Å². The molecule has 126 valence electrons. The monoisotopic (exact) mass is 335 g/mol. The lowest BCUT2D eigenvalue weighted by Gasteiger charge is -2.08. The number of nitrogens with zero attached hydrogens (tertiary/aromatic N) is 3. The van der Waals surface area contributed by atoms with Crippen molar-refractivity contribution in [1.29, 1.82) is 0 Å². The number of primary amides is 1. The Balaban J connectivity index is 1.78. The Morgan fingerprint density at radius 1 is 1.12 bits per heavy atom. The van der Waals surface area contributed by atoms with Crippen LogP contribution in [0.3, 0.4) is 0 Å². The van der Waals surface area contributed by atoms with Crippen LogP contribution >= 0.6 is 0 Å². The lowest BCUT2D eigenvalue weighted by atomic mass is 10.1. The topological polar surface area (TPSA) is 103 Å². The normalized spacial score (nSPS) is 10.4. The molecule has 0 atom stereocenters. The van der Waals surface area contributed by atoms with Crippen molar-refractivity contribution in [2.45, 2.75) is 13.0 Å². The van der Waals surface area contributed by atoms with Crippen LogP contribution in [0.25, 0.3) is 0 Å². The van der Waals surface area contributed by atoms with E-state index in [4.69, 9.17) is 5.73 Å². The molecular formula is C18H17N5O2. The number of carbonyl (C=O) groups excluding carboxylic acids is 2. The van der Waals surface area contributed by atoms with Crippen LogP contribution in [0.2, 0.25) is 0 Å². The van der Waals surface area contributed by atoms with Gasteiger partial charge < -0.3 is 15.6 Å². The van der Waals surface area contributed by atoms with E-state index >= 15 is 0 Å². The van der Waals surface area contributed by atoms with Gasteiger partial charge in [0.15, 0.2) is 11.5 Å². The van der Waals surface area contributed by atoms with Crippen molar-refractivity contribution in [1.82, 2.24) is 14.5 Å². The smallest absolute Gasteiger partial charge is 0.269 e. The molecule has 7 nitrogen and oxygen atoms in total. The molecule has 7 heteroatoms. The zero-order chi connectivity index (χ0) is 17.6. The van der Waals surface area contributed by atoms with Crippen molar-refractivity contribution in [3.05, 3.63) is 78.0 Å². The first kappa shape index (κ1) is 16.4. The number of carbonyl (C=O) groups is 2. The maximum absolute atomic E-state index is 12.2. The summed E-state index contributed by atoms with van der Waals surface area (Å²) in [5.41, 5.74) is 7.16. The Hall–Kier alpha value is -3.48. The second-order valence-corrected chi connectivity index (χ2v) is 5.43. The van der Waals surface area contributed by atoms with Gasteiger partial charge in [-0.2, -0.15) is 0 Å². The standard InChI is InChI=1S/C18H17N5O2/c19-16(24)15-17(22-18(25)14-7-4-9-20-11-14)21-12-23(15)10-8-13-5-2-1-3-6-13/h1-7,9,11-12H,8,10H2,(H2,19,24)(H,22,25). The number of benzene rings is 1. The molecule has 3 rings (SSSR count). The molecule has 3 N–H and O–H groups in total. The summed E-state index contributed by atoms with van der Waals surface area (Å²) < 4.78 is 1.65. The molecule has 0 bridgehead atoms. The lowest BCUT2D eigenvalue weighted by molar-refractivity contribution is 0.0992. The second kappa shape index (κ2) is 7.39. The maximum Gasteiger partial charge on any atom is 0.269 e. The third-order valence-electron chi connectivity index (χ3n) is 3.71. The van der Waals surface area contributed by atoms with Crippen LogP contribution < -0.4 is 11.1 Å². The number of aromatic nitrogens is 3. The van der Waals surface area contributed by atoms with Crippen LogP contribution in [-0.4, -0.2) is 26.3 Å². The summed E-state index contributed by atoms with van der Waals surface area (Å²) >= 11 is 0. The number of nitrogens with two attached hydrogens (primary N) is 1. The zero-order valence-corrected chi connectivity index (χ0v) is 13.4. The van der Waals surface area contributed by atoms with Crippen molar-refractivity contribution >= 4 is 17.6 Å². The van der Waals surface area contributed by atoms with Crippen LogP contribution in [0.4, 0.5) is 5.82 Å². The van der Waals surface area contributed by atoms with Gasteiger partial charge in [0.25, 0.3) is 11.8 Å². The first-order valence-corrected chi connectivity index (χ1v) is 7.75. The fourth-order valence-corrected chi connectivity index (χ4v) is 2.47. The quantitative estimate of drug-likeness (QED) is 0.718. The van der Waals surface area contributed by atoms with E-state index in [1.807, 2.05) is 30.3 Å². The number of rotatable bonds is 6.